The Morgan fingerprint density at radius 3 is 1.25 bits per heavy atom. The summed E-state index contributed by atoms with van der Waals surface area (Å²) in [5.41, 5.74) is 0. The molecule has 0 heterocycles. The van der Waals surface area contributed by atoms with Gasteiger partial charge in [-0.15, -0.1) is 0 Å². The molecule has 4 heavy (non-hydrogen) atoms. The molecule has 3 heteroatoms. The van der Waals surface area contributed by atoms with Crippen LogP contribution in [0.3, 0.4) is 0 Å². The summed E-state index contributed by atoms with van der Waals surface area (Å²) >= 11 is 0. The number of hydrogen-bond donors (Lipinski definition) is 0. The van der Waals surface area contributed by atoms with Crippen LogP contribution in [0.1, 0.15) is 0 Å². The van der Waals surface area contributed by atoms with Gasteiger partial charge in [-0.2, -0.15) is 9.59 Å². The molecule has 0 fully saturated rings. The molecule has 0 N–H and O–H groups in total. The molecular formula is CH2O2Ra. The molecule has 20 valence electrons. The Morgan fingerprint density at radius 1 is 1.25 bits per heavy atom. The molecule has 0 aliphatic carbocycles. The molecule has 0 atom stereocenters. The maximum absolute atomic E-state index is 8.12. The quantitative estimate of drug-likeness (QED) is 0.560. The zero-order valence-electron chi connectivity index (χ0n) is 1.32. The molecule has 0 saturated carbocycles. The van der Waals surface area contributed by atoms with E-state index >= 15 is 0 Å². The predicted octanol–water partition coefficient (Wildman–Crippen LogP) is -1.12. The summed E-state index contributed by atoms with van der Waals surface area (Å²) in [6.45, 7) is 0. The number of rotatable bonds is 0. The maximum atomic E-state index is 8.12. The van der Waals surface area contributed by atoms with Crippen molar-refractivity contribution in [2.75, 3.05) is 0 Å². The standard InChI is InChI=1S/CO2.Ra.2H/c2-1-3;;;. The minimum atomic E-state index is 0. The van der Waals surface area contributed by atoms with Gasteiger partial charge in [-0.3, -0.25) is 0 Å². The fourth-order valence-corrected chi connectivity index (χ4v) is 0. The molecule has 0 aromatic heterocycles. The van der Waals surface area contributed by atoms with Crippen LogP contribution < -0.4 is 0 Å². The molecule has 0 rings (SSSR count). The van der Waals surface area contributed by atoms with Crippen molar-refractivity contribution in [3.63, 3.8) is 0 Å². The second-order valence-electron chi connectivity index (χ2n) is 0.0833. The van der Waals surface area contributed by atoms with E-state index in [1.807, 2.05) is 0 Å². The Kier molecular flexibility index (Phi) is 20.2. The van der Waals surface area contributed by atoms with Crippen molar-refractivity contribution in [1.82, 2.24) is 0 Å². The topological polar surface area (TPSA) is 34.1 Å². The second kappa shape index (κ2) is 9.14. The van der Waals surface area contributed by atoms with Gasteiger partial charge in [0.25, 0.3) is 0 Å². The first-order valence-electron chi connectivity index (χ1n) is 0.408. The van der Waals surface area contributed by atoms with Crippen LogP contribution in [0, 0.1) is 45.0 Å². The van der Waals surface area contributed by atoms with Gasteiger partial charge >= 0.3 is 51.2 Å². The van der Waals surface area contributed by atoms with E-state index in [0.717, 1.165) is 0 Å². The third-order valence-electron chi connectivity index (χ3n) is 0. The summed E-state index contributed by atoms with van der Waals surface area (Å²) in [5, 5.41) is 0. The van der Waals surface area contributed by atoms with Gasteiger partial charge in [0.15, 0.2) is 0 Å². The third-order valence-corrected chi connectivity index (χ3v) is 0. The van der Waals surface area contributed by atoms with E-state index in [2.05, 4.69) is 0 Å². The molecule has 0 radical (unpaired) electrons. The average molecular weight is 272 g/mol. The zero-order chi connectivity index (χ0) is 2.71. The van der Waals surface area contributed by atoms with Crippen molar-refractivity contribution in [2.45, 2.75) is 0 Å². The molecular weight excluding hydrogens is 270 g/mol. The van der Waals surface area contributed by atoms with Crippen LogP contribution in [-0.4, -0.2) is 6.15 Å². The van der Waals surface area contributed by atoms with E-state index in [-0.39, 0.29) is 51.2 Å². The summed E-state index contributed by atoms with van der Waals surface area (Å²) in [4.78, 5) is 16.2. The fourth-order valence-electron chi connectivity index (χ4n) is 0. The molecule has 0 bridgehead atoms. The van der Waals surface area contributed by atoms with E-state index in [9.17, 15) is 0 Å². The molecule has 0 aromatic carbocycles. The van der Waals surface area contributed by atoms with Crippen molar-refractivity contribution in [1.29, 1.82) is 0 Å². The van der Waals surface area contributed by atoms with Crippen LogP contribution in [0.2, 0.25) is 0 Å². The van der Waals surface area contributed by atoms with Gasteiger partial charge in [-0.1, -0.05) is 0 Å². The Morgan fingerprint density at radius 2 is 1.25 bits per heavy atom. The average Bonchev–Trinajstić information content (AvgIpc) is 0.918. The summed E-state index contributed by atoms with van der Waals surface area (Å²) in [5.74, 6) is 0. The molecule has 0 aliphatic rings. The number of hydrogen-bond acceptors (Lipinski definition) is 2. The van der Waals surface area contributed by atoms with Crippen LogP contribution >= 0.6 is 0 Å². The molecule has 2 nitrogen and oxygen atoms in total. The van der Waals surface area contributed by atoms with E-state index < -0.39 is 0 Å². The van der Waals surface area contributed by atoms with E-state index in [0.29, 0.717) is 0 Å². The first kappa shape index (κ1) is 8.85. The van der Waals surface area contributed by atoms with Gasteiger partial charge in [-0.05, 0) is 0 Å². The van der Waals surface area contributed by atoms with Crippen LogP contribution in [0.15, 0.2) is 0 Å². The first-order valence-corrected chi connectivity index (χ1v) is 0.408. The fraction of sp³-hybridized carbons (Fsp3) is 0. The van der Waals surface area contributed by atoms with Crippen molar-refractivity contribution >= 4 is 6.15 Å². The Hall–Kier alpha value is 0.848. The van der Waals surface area contributed by atoms with E-state index in [1.165, 1.54) is 0 Å². The SMILES string of the molecule is O=C=O.[RaH2]. The first-order chi connectivity index (χ1) is 1.41. The number of carbonyl (C=O) groups excluding carboxylic acids is 2. The van der Waals surface area contributed by atoms with E-state index in [1.54, 1.807) is 0 Å². The van der Waals surface area contributed by atoms with Crippen LogP contribution in [0.25, 0.3) is 0 Å². The van der Waals surface area contributed by atoms with Gasteiger partial charge in [0.2, 0.25) is 0 Å². The second-order valence-corrected chi connectivity index (χ2v) is 0.0833. The van der Waals surface area contributed by atoms with Crippen LogP contribution in [0.4, 0.5) is 0 Å². The molecule has 0 saturated heterocycles. The van der Waals surface area contributed by atoms with Crippen molar-refractivity contribution < 1.29 is 54.6 Å². The van der Waals surface area contributed by atoms with Crippen molar-refractivity contribution in [3.8, 4) is 0 Å². The van der Waals surface area contributed by atoms with Gasteiger partial charge in [0.1, 0.15) is 0 Å². The van der Waals surface area contributed by atoms with Gasteiger partial charge < -0.3 is 0 Å². The molecule has 0 aliphatic heterocycles. The Labute approximate surface area is 60.0 Å². The zero-order valence-corrected chi connectivity index (χ0v) is 1.32. The van der Waals surface area contributed by atoms with Gasteiger partial charge in [0.05, 0.1) is 0 Å². The Bertz CT molecular complexity index is 27.0. The summed E-state index contributed by atoms with van der Waals surface area (Å²) < 4.78 is 0. The normalized spacial score (nSPS) is 2.00. The molecule has 0 spiro atoms. The van der Waals surface area contributed by atoms with Gasteiger partial charge in [0, 0.05) is 0 Å². The third kappa shape index (κ3) is 13.5. The minimum absolute atomic E-state index is 0. The van der Waals surface area contributed by atoms with E-state index in [4.69, 9.17) is 9.59 Å². The predicted molar refractivity (Wildman–Crippen MR) is 7.80 cm³/mol. The van der Waals surface area contributed by atoms with Crippen molar-refractivity contribution in [3.05, 3.63) is 0 Å². The summed E-state index contributed by atoms with van der Waals surface area (Å²) in [7, 11) is 0. The van der Waals surface area contributed by atoms with Crippen LogP contribution in [-0.2, 0) is 9.59 Å². The monoisotopic (exact) mass is 272 g/mol. The molecule has 0 aromatic rings. The summed E-state index contributed by atoms with van der Waals surface area (Å²) in [6.07, 6.45) is 0.250. The van der Waals surface area contributed by atoms with Gasteiger partial charge in [-0.25, -0.2) is 0 Å². The van der Waals surface area contributed by atoms with Crippen molar-refractivity contribution in [2.24, 2.45) is 0 Å². The Balaban J connectivity index is 0. The molecule has 0 amide bonds. The summed E-state index contributed by atoms with van der Waals surface area (Å²) in [6, 6.07) is 0. The van der Waals surface area contributed by atoms with Crippen LogP contribution in [0.5, 0.6) is 0 Å². The molecule has 0 unspecified atom stereocenters.